The summed E-state index contributed by atoms with van der Waals surface area (Å²) in [5.41, 5.74) is -0.193. The monoisotopic (exact) mass is 384 g/mol. The molecule has 0 spiro atoms. The van der Waals surface area contributed by atoms with E-state index in [0.29, 0.717) is 12.3 Å². The molecular formula is C24H32O4. The fourth-order valence-electron chi connectivity index (χ4n) is 6.00. The predicted octanol–water partition coefficient (Wildman–Crippen LogP) is 4.22. The predicted molar refractivity (Wildman–Crippen MR) is 108 cm³/mol. The third-order valence-electron chi connectivity index (χ3n) is 7.64. The number of hydrogen-bond donors (Lipinski definition) is 1. The molecule has 1 saturated carbocycles. The zero-order valence-electron chi connectivity index (χ0n) is 17.3. The SMILES string of the molecule is CC(C)[C@]12C[C@H](O)[C@](C)(O1)[C@H]1CC[C@H](C)[C@@H]1[C@H]2OC(=O)C=Cc1ccccc1. The second kappa shape index (κ2) is 7.00. The van der Waals surface area contributed by atoms with E-state index in [1.165, 1.54) is 6.08 Å². The van der Waals surface area contributed by atoms with E-state index in [0.717, 1.165) is 18.4 Å². The van der Waals surface area contributed by atoms with Gasteiger partial charge in [-0.05, 0) is 49.2 Å². The van der Waals surface area contributed by atoms with Crippen LogP contribution in [0.2, 0.25) is 0 Å². The summed E-state index contributed by atoms with van der Waals surface area (Å²) in [7, 11) is 0. The van der Waals surface area contributed by atoms with Crippen LogP contribution in [0.25, 0.3) is 6.08 Å². The summed E-state index contributed by atoms with van der Waals surface area (Å²) in [5, 5.41) is 10.9. The Balaban J connectivity index is 1.63. The summed E-state index contributed by atoms with van der Waals surface area (Å²) >= 11 is 0. The van der Waals surface area contributed by atoms with Crippen LogP contribution >= 0.6 is 0 Å². The molecule has 1 N–H and O–H groups in total. The first kappa shape index (κ1) is 19.7. The van der Waals surface area contributed by atoms with Gasteiger partial charge in [-0.3, -0.25) is 0 Å². The molecule has 0 unspecified atom stereocenters. The van der Waals surface area contributed by atoms with Gasteiger partial charge in [0, 0.05) is 18.4 Å². The van der Waals surface area contributed by atoms with Crippen molar-refractivity contribution in [3.8, 4) is 0 Å². The van der Waals surface area contributed by atoms with Crippen LogP contribution in [0.1, 0.15) is 52.5 Å². The van der Waals surface area contributed by atoms with E-state index in [1.807, 2.05) is 30.3 Å². The van der Waals surface area contributed by atoms with Crippen molar-refractivity contribution < 1.29 is 19.4 Å². The standard InChI is InChI=1S/C24H32O4/c1-15(2)24-14-19(25)23(4,28-24)18-12-10-16(3)21(18)22(24)27-20(26)13-11-17-8-6-5-7-9-17/h5-9,11,13,15-16,18-19,21-22,25H,10,12,14H2,1-4H3/t16-,18-,19-,21-,22+,23+,24-/m0/s1. The summed E-state index contributed by atoms with van der Waals surface area (Å²) < 4.78 is 12.8. The summed E-state index contributed by atoms with van der Waals surface area (Å²) in [6.07, 6.45) is 5.09. The van der Waals surface area contributed by atoms with Crippen LogP contribution in [-0.4, -0.2) is 34.5 Å². The fourth-order valence-corrected chi connectivity index (χ4v) is 6.00. The Morgan fingerprint density at radius 1 is 1.29 bits per heavy atom. The zero-order valence-corrected chi connectivity index (χ0v) is 17.3. The Bertz CT molecular complexity index is 757. The van der Waals surface area contributed by atoms with Crippen molar-refractivity contribution in [2.24, 2.45) is 23.7 Å². The molecule has 2 saturated heterocycles. The van der Waals surface area contributed by atoms with Gasteiger partial charge in [0.05, 0.1) is 11.7 Å². The highest BCUT2D eigenvalue weighted by Crippen LogP contribution is 2.62. The van der Waals surface area contributed by atoms with E-state index >= 15 is 0 Å². The van der Waals surface area contributed by atoms with E-state index in [2.05, 4.69) is 27.7 Å². The smallest absolute Gasteiger partial charge is 0.331 e. The molecule has 3 aliphatic rings. The Morgan fingerprint density at radius 3 is 2.68 bits per heavy atom. The van der Waals surface area contributed by atoms with Gasteiger partial charge in [-0.15, -0.1) is 0 Å². The van der Waals surface area contributed by atoms with Crippen LogP contribution in [-0.2, 0) is 14.3 Å². The van der Waals surface area contributed by atoms with E-state index in [-0.39, 0.29) is 29.8 Å². The van der Waals surface area contributed by atoms with E-state index in [4.69, 9.17) is 9.47 Å². The van der Waals surface area contributed by atoms with Gasteiger partial charge in [-0.2, -0.15) is 0 Å². The Kier molecular flexibility index (Phi) is 4.91. The molecule has 2 aliphatic heterocycles. The Hall–Kier alpha value is -1.65. The number of ether oxygens (including phenoxy) is 2. The van der Waals surface area contributed by atoms with Crippen molar-refractivity contribution in [1.82, 2.24) is 0 Å². The quantitative estimate of drug-likeness (QED) is 0.624. The van der Waals surface area contributed by atoms with Crippen LogP contribution in [0.4, 0.5) is 0 Å². The number of rotatable bonds is 4. The average Bonchev–Trinajstić information content (AvgIpc) is 3.16. The zero-order chi connectivity index (χ0) is 20.1. The highest BCUT2D eigenvalue weighted by atomic mass is 16.6. The lowest BCUT2D eigenvalue weighted by molar-refractivity contribution is -0.263. The number of aliphatic hydroxyl groups excluding tert-OH is 1. The molecule has 1 aromatic carbocycles. The van der Waals surface area contributed by atoms with Crippen LogP contribution in [0.5, 0.6) is 0 Å². The molecule has 4 nitrogen and oxygen atoms in total. The molecule has 152 valence electrons. The third-order valence-corrected chi connectivity index (χ3v) is 7.64. The summed E-state index contributed by atoms with van der Waals surface area (Å²) in [4.78, 5) is 12.8. The minimum atomic E-state index is -0.621. The van der Waals surface area contributed by atoms with Crippen molar-refractivity contribution in [2.45, 2.75) is 70.4 Å². The lowest BCUT2D eigenvalue weighted by Gasteiger charge is -2.52. The molecule has 0 amide bonds. The first-order valence-electron chi connectivity index (χ1n) is 10.6. The van der Waals surface area contributed by atoms with Crippen molar-refractivity contribution >= 4 is 12.0 Å². The van der Waals surface area contributed by atoms with E-state index in [9.17, 15) is 9.90 Å². The molecule has 0 aromatic heterocycles. The maximum atomic E-state index is 12.8. The Morgan fingerprint density at radius 2 is 2.00 bits per heavy atom. The Labute approximate surface area is 167 Å². The number of aliphatic hydroxyl groups is 1. The van der Waals surface area contributed by atoms with Gasteiger partial charge < -0.3 is 14.6 Å². The molecular weight excluding hydrogens is 352 g/mol. The molecule has 0 radical (unpaired) electrons. The number of esters is 1. The summed E-state index contributed by atoms with van der Waals surface area (Å²) in [6.45, 7) is 8.53. The minimum Gasteiger partial charge on any atom is -0.456 e. The van der Waals surface area contributed by atoms with Gasteiger partial charge in [-0.25, -0.2) is 4.79 Å². The molecule has 1 aliphatic carbocycles. The summed E-state index contributed by atoms with van der Waals surface area (Å²) in [5.74, 6) is 0.719. The second-order valence-electron chi connectivity index (χ2n) is 9.46. The van der Waals surface area contributed by atoms with Crippen molar-refractivity contribution in [1.29, 1.82) is 0 Å². The lowest BCUT2D eigenvalue weighted by atomic mass is 9.69. The molecule has 3 fully saturated rings. The van der Waals surface area contributed by atoms with Gasteiger partial charge in [0.25, 0.3) is 0 Å². The van der Waals surface area contributed by atoms with Gasteiger partial charge >= 0.3 is 5.97 Å². The van der Waals surface area contributed by atoms with E-state index < -0.39 is 17.3 Å². The molecule has 28 heavy (non-hydrogen) atoms. The molecule has 2 bridgehead atoms. The minimum absolute atomic E-state index is 0.147. The molecule has 4 heteroatoms. The number of benzene rings is 1. The number of carbonyl (C=O) groups excluding carboxylic acids is 1. The van der Waals surface area contributed by atoms with E-state index in [1.54, 1.807) is 6.08 Å². The molecule has 1 aromatic rings. The fraction of sp³-hybridized carbons (Fsp3) is 0.625. The number of fused-ring (bicyclic) bond motifs is 4. The van der Waals surface area contributed by atoms with Crippen LogP contribution in [0.3, 0.4) is 0 Å². The molecule has 7 atom stereocenters. The largest absolute Gasteiger partial charge is 0.456 e. The number of hydrogen-bond acceptors (Lipinski definition) is 4. The van der Waals surface area contributed by atoms with Gasteiger partial charge in [0.2, 0.25) is 0 Å². The molecule has 2 heterocycles. The van der Waals surface area contributed by atoms with Crippen molar-refractivity contribution in [3.05, 3.63) is 42.0 Å². The van der Waals surface area contributed by atoms with Gasteiger partial charge in [-0.1, -0.05) is 51.1 Å². The van der Waals surface area contributed by atoms with Crippen LogP contribution in [0, 0.1) is 23.7 Å². The van der Waals surface area contributed by atoms with Crippen molar-refractivity contribution in [2.75, 3.05) is 0 Å². The maximum Gasteiger partial charge on any atom is 0.331 e. The van der Waals surface area contributed by atoms with Gasteiger partial charge in [0.1, 0.15) is 11.7 Å². The maximum absolute atomic E-state index is 12.8. The summed E-state index contributed by atoms with van der Waals surface area (Å²) in [6, 6.07) is 9.75. The van der Waals surface area contributed by atoms with Gasteiger partial charge in [0.15, 0.2) is 0 Å². The normalized spacial score (nSPS) is 42.1. The first-order chi connectivity index (χ1) is 13.3. The molecule has 4 rings (SSSR count). The highest BCUT2D eigenvalue weighted by molar-refractivity contribution is 5.87. The van der Waals surface area contributed by atoms with Crippen molar-refractivity contribution in [3.63, 3.8) is 0 Å². The highest BCUT2D eigenvalue weighted by Gasteiger charge is 2.70. The second-order valence-corrected chi connectivity index (χ2v) is 9.46. The topological polar surface area (TPSA) is 55.8 Å². The third kappa shape index (κ3) is 2.93. The first-order valence-corrected chi connectivity index (χ1v) is 10.6. The van der Waals surface area contributed by atoms with Crippen LogP contribution in [0.15, 0.2) is 36.4 Å². The average molecular weight is 385 g/mol. The van der Waals surface area contributed by atoms with Crippen LogP contribution < -0.4 is 0 Å². The number of carbonyl (C=O) groups is 1. The lowest BCUT2D eigenvalue weighted by Crippen LogP contribution is -2.62.